The number of alkyl halides is 3. The van der Waals surface area contributed by atoms with Gasteiger partial charge in [-0.05, 0) is 12.1 Å². The van der Waals surface area contributed by atoms with Crippen LogP contribution in [0.25, 0.3) is 0 Å². The normalized spacial score (nSPS) is 11.4. The molecule has 0 atom stereocenters. The molecule has 19 heavy (non-hydrogen) atoms. The molecule has 9 heteroatoms. The molecular weight excluding hydrogens is 267 g/mol. The summed E-state index contributed by atoms with van der Waals surface area (Å²) in [7, 11) is 0. The average Bonchev–Trinajstić information content (AvgIpc) is 2.26. The molecular formula is C10H12F3N3O3. The lowest BCUT2D eigenvalue weighted by molar-refractivity contribution is -0.383. The molecule has 0 bridgehead atoms. The summed E-state index contributed by atoms with van der Waals surface area (Å²) in [4.78, 5) is 10.7. The lowest BCUT2D eigenvalue weighted by atomic mass is 10.2. The maximum absolute atomic E-state index is 12.4. The van der Waals surface area contributed by atoms with Gasteiger partial charge in [-0.15, -0.1) is 0 Å². The fraction of sp³-hybridized carbons (Fsp3) is 0.400. The number of hydrogen-bond donors (Lipinski definition) is 2. The summed E-state index contributed by atoms with van der Waals surface area (Å²) < 4.78 is 37.1. The third kappa shape index (κ3) is 4.28. The van der Waals surface area contributed by atoms with Crippen LogP contribution in [0.15, 0.2) is 18.2 Å². The highest BCUT2D eigenvalue weighted by Crippen LogP contribution is 2.28. The van der Waals surface area contributed by atoms with Crippen molar-refractivity contribution in [1.82, 2.24) is 0 Å². The van der Waals surface area contributed by atoms with E-state index in [-0.39, 0.29) is 23.6 Å². The van der Waals surface area contributed by atoms with Gasteiger partial charge in [0.15, 0.2) is 0 Å². The number of halogens is 3. The Morgan fingerprint density at radius 1 is 1.42 bits per heavy atom. The Morgan fingerprint density at radius 3 is 2.47 bits per heavy atom. The van der Waals surface area contributed by atoms with Crippen molar-refractivity contribution >= 4 is 17.1 Å². The molecule has 0 aliphatic heterocycles. The topological polar surface area (TPSA) is 92.6 Å². The van der Waals surface area contributed by atoms with Crippen molar-refractivity contribution in [1.29, 1.82) is 0 Å². The highest BCUT2D eigenvalue weighted by atomic mass is 19.4. The minimum Gasteiger partial charge on any atom is -0.395 e. The van der Waals surface area contributed by atoms with E-state index in [4.69, 9.17) is 10.8 Å². The zero-order chi connectivity index (χ0) is 14.6. The summed E-state index contributed by atoms with van der Waals surface area (Å²) in [5, 5.41) is 19.3. The van der Waals surface area contributed by atoms with Crippen molar-refractivity contribution in [3.63, 3.8) is 0 Å². The zero-order valence-corrected chi connectivity index (χ0v) is 9.72. The third-order valence-electron chi connectivity index (χ3n) is 2.31. The molecule has 0 aromatic heterocycles. The fourth-order valence-electron chi connectivity index (χ4n) is 1.54. The molecule has 1 rings (SSSR count). The third-order valence-corrected chi connectivity index (χ3v) is 2.31. The molecule has 1 aromatic carbocycles. The van der Waals surface area contributed by atoms with Crippen molar-refractivity contribution in [2.24, 2.45) is 0 Å². The van der Waals surface area contributed by atoms with Gasteiger partial charge in [-0.25, -0.2) is 0 Å². The molecule has 0 saturated carbocycles. The number of anilines is 2. The first kappa shape index (κ1) is 15.0. The van der Waals surface area contributed by atoms with Gasteiger partial charge < -0.3 is 15.7 Å². The van der Waals surface area contributed by atoms with Crippen molar-refractivity contribution in [2.75, 3.05) is 30.3 Å². The highest BCUT2D eigenvalue weighted by Gasteiger charge is 2.31. The molecule has 0 amide bonds. The molecule has 0 aliphatic carbocycles. The van der Waals surface area contributed by atoms with Gasteiger partial charge in [-0.1, -0.05) is 0 Å². The van der Waals surface area contributed by atoms with Gasteiger partial charge in [0.1, 0.15) is 12.2 Å². The molecule has 0 radical (unpaired) electrons. The molecule has 0 aliphatic rings. The van der Waals surface area contributed by atoms with E-state index in [2.05, 4.69) is 0 Å². The SMILES string of the molecule is Nc1cc(N(CCO)CC(F)(F)F)ccc1[N+](=O)[O-]. The second-order valence-electron chi connectivity index (χ2n) is 3.76. The van der Waals surface area contributed by atoms with Crippen molar-refractivity contribution < 1.29 is 23.2 Å². The molecule has 0 spiro atoms. The molecule has 0 saturated heterocycles. The summed E-state index contributed by atoms with van der Waals surface area (Å²) >= 11 is 0. The van der Waals surface area contributed by atoms with Gasteiger partial charge in [0.2, 0.25) is 0 Å². The Labute approximate surface area is 106 Å². The number of nitrogen functional groups attached to an aromatic ring is 1. The number of aliphatic hydroxyl groups excluding tert-OH is 1. The number of nitro groups is 1. The van der Waals surface area contributed by atoms with E-state index in [0.717, 1.165) is 23.1 Å². The first-order chi connectivity index (χ1) is 8.74. The number of hydrogen-bond acceptors (Lipinski definition) is 5. The quantitative estimate of drug-likeness (QED) is 0.484. The number of nitrogens with two attached hydrogens (primary N) is 1. The van der Waals surface area contributed by atoms with E-state index in [1.807, 2.05) is 0 Å². The summed E-state index contributed by atoms with van der Waals surface area (Å²) in [6.45, 7) is -2.01. The van der Waals surface area contributed by atoms with Gasteiger partial charge in [-0.3, -0.25) is 10.1 Å². The van der Waals surface area contributed by atoms with Crippen LogP contribution in [0.3, 0.4) is 0 Å². The van der Waals surface area contributed by atoms with E-state index in [0.29, 0.717) is 0 Å². The lowest BCUT2D eigenvalue weighted by Gasteiger charge is -2.25. The maximum atomic E-state index is 12.4. The van der Waals surface area contributed by atoms with E-state index in [9.17, 15) is 23.3 Å². The van der Waals surface area contributed by atoms with Gasteiger partial charge in [-0.2, -0.15) is 13.2 Å². The molecule has 0 fully saturated rings. The van der Waals surface area contributed by atoms with Crippen LogP contribution in [-0.2, 0) is 0 Å². The Morgan fingerprint density at radius 2 is 2.05 bits per heavy atom. The zero-order valence-electron chi connectivity index (χ0n) is 9.72. The number of nitro benzene ring substituents is 1. The highest BCUT2D eigenvalue weighted by molar-refractivity contribution is 5.66. The monoisotopic (exact) mass is 279 g/mol. The molecule has 3 N–H and O–H groups in total. The van der Waals surface area contributed by atoms with Crippen LogP contribution in [0.2, 0.25) is 0 Å². The lowest BCUT2D eigenvalue weighted by Crippen LogP contribution is -2.36. The standard InChI is InChI=1S/C10H12F3N3O3/c11-10(12,13)6-15(3-4-17)7-1-2-9(16(18)19)8(14)5-7/h1-2,5,17H,3-4,6,14H2. The number of aliphatic hydroxyl groups is 1. The Kier molecular flexibility index (Phi) is 4.54. The smallest absolute Gasteiger partial charge is 0.395 e. The number of rotatable bonds is 5. The van der Waals surface area contributed by atoms with Crippen LogP contribution in [-0.4, -0.2) is 35.9 Å². The van der Waals surface area contributed by atoms with Gasteiger partial charge in [0.05, 0.1) is 11.5 Å². The molecule has 1 aromatic rings. The van der Waals surface area contributed by atoms with E-state index in [1.165, 1.54) is 0 Å². The van der Waals surface area contributed by atoms with Gasteiger partial charge in [0, 0.05) is 18.3 Å². The Bertz CT molecular complexity index is 465. The van der Waals surface area contributed by atoms with Gasteiger partial charge >= 0.3 is 6.18 Å². The average molecular weight is 279 g/mol. The summed E-state index contributed by atoms with van der Waals surface area (Å²) in [6.07, 6.45) is -4.45. The second kappa shape index (κ2) is 5.74. The van der Waals surface area contributed by atoms with Crippen LogP contribution in [0, 0.1) is 10.1 Å². The van der Waals surface area contributed by atoms with Crippen LogP contribution < -0.4 is 10.6 Å². The van der Waals surface area contributed by atoms with Crippen LogP contribution in [0.5, 0.6) is 0 Å². The first-order valence-electron chi connectivity index (χ1n) is 5.21. The van der Waals surface area contributed by atoms with Crippen LogP contribution in [0.1, 0.15) is 0 Å². The molecule has 0 heterocycles. The number of nitrogens with zero attached hydrogens (tertiary/aromatic N) is 2. The largest absolute Gasteiger partial charge is 0.405 e. The van der Waals surface area contributed by atoms with Crippen LogP contribution >= 0.6 is 0 Å². The minimum atomic E-state index is -4.45. The van der Waals surface area contributed by atoms with Gasteiger partial charge in [0.25, 0.3) is 5.69 Å². The van der Waals surface area contributed by atoms with E-state index >= 15 is 0 Å². The molecule has 6 nitrogen and oxygen atoms in total. The minimum absolute atomic E-state index is 0.0643. The summed E-state index contributed by atoms with van der Waals surface area (Å²) in [6, 6.07) is 3.28. The Hall–Kier alpha value is -2.03. The molecule has 106 valence electrons. The predicted molar refractivity (Wildman–Crippen MR) is 62.9 cm³/mol. The van der Waals surface area contributed by atoms with Crippen molar-refractivity contribution in [3.05, 3.63) is 28.3 Å². The molecule has 0 unspecified atom stereocenters. The predicted octanol–water partition coefficient (Wildman–Crippen LogP) is 1.54. The first-order valence-corrected chi connectivity index (χ1v) is 5.21. The van der Waals surface area contributed by atoms with E-state index in [1.54, 1.807) is 0 Å². The summed E-state index contributed by atoms with van der Waals surface area (Å²) in [5.41, 5.74) is 4.87. The number of benzene rings is 1. The maximum Gasteiger partial charge on any atom is 0.405 e. The Balaban J connectivity index is 3.03. The van der Waals surface area contributed by atoms with Crippen LogP contribution in [0.4, 0.5) is 30.2 Å². The van der Waals surface area contributed by atoms with Crippen molar-refractivity contribution in [3.8, 4) is 0 Å². The van der Waals surface area contributed by atoms with E-state index < -0.39 is 24.3 Å². The van der Waals surface area contributed by atoms with Crippen molar-refractivity contribution in [2.45, 2.75) is 6.18 Å². The fourth-order valence-corrected chi connectivity index (χ4v) is 1.54. The summed E-state index contributed by atoms with van der Waals surface area (Å²) in [5.74, 6) is 0. The second-order valence-corrected chi connectivity index (χ2v) is 3.76.